The molecule has 3 N–H and O–H groups in total. The molecule has 4 bridgehead atoms. The van der Waals surface area contributed by atoms with Gasteiger partial charge in [0, 0.05) is 11.8 Å². The molecule has 0 amide bonds. The van der Waals surface area contributed by atoms with Crippen LogP contribution in [0.25, 0.3) is 0 Å². The van der Waals surface area contributed by atoms with Gasteiger partial charge in [-0.15, -0.1) is 0 Å². The Kier molecular flexibility index (Phi) is 2.47. The quantitative estimate of drug-likeness (QED) is 0.868. The molecule has 1 heterocycles. The third-order valence-electron chi connectivity index (χ3n) is 5.73. The van der Waals surface area contributed by atoms with Gasteiger partial charge in [-0.25, -0.2) is 0 Å². The Hall–Kier alpha value is -1.03. The van der Waals surface area contributed by atoms with Crippen molar-refractivity contribution in [1.29, 1.82) is 0 Å². The van der Waals surface area contributed by atoms with Gasteiger partial charge in [0.05, 0.1) is 5.54 Å². The smallest absolute Gasteiger partial charge is 0.267 e. The molecule has 0 aromatic carbocycles. The van der Waals surface area contributed by atoms with Crippen LogP contribution in [0.3, 0.4) is 0 Å². The molecule has 0 spiro atoms. The fourth-order valence-electron chi connectivity index (χ4n) is 5.38. The van der Waals surface area contributed by atoms with E-state index >= 15 is 0 Å². The third kappa shape index (κ3) is 1.72. The summed E-state index contributed by atoms with van der Waals surface area (Å²) in [6.07, 6.45) is 10.8. The van der Waals surface area contributed by atoms with Crippen LogP contribution in [0.1, 0.15) is 44.1 Å². The second-order valence-corrected chi connectivity index (χ2v) is 7.15. The van der Waals surface area contributed by atoms with Crippen LogP contribution in [0.5, 0.6) is 0 Å². The summed E-state index contributed by atoms with van der Waals surface area (Å²) in [7, 11) is 0. The van der Waals surface area contributed by atoms with Crippen LogP contribution in [-0.4, -0.2) is 16.3 Å². The van der Waals surface area contributed by atoms with Crippen molar-refractivity contribution in [2.45, 2.75) is 50.5 Å². The lowest BCUT2D eigenvalue weighted by Crippen LogP contribution is -2.52. The van der Waals surface area contributed by atoms with E-state index in [4.69, 9.17) is 5.73 Å². The number of hydrogen-bond acceptors (Lipinski definition) is 2. The van der Waals surface area contributed by atoms with E-state index in [9.17, 15) is 4.79 Å². The zero-order chi connectivity index (χ0) is 13.0. The van der Waals surface area contributed by atoms with Crippen molar-refractivity contribution in [3.05, 3.63) is 22.1 Å². The van der Waals surface area contributed by atoms with Crippen molar-refractivity contribution in [1.82, 2.24) is 9.78 Å². The third-order valence-corrected chi connectivity index (χ3v) is 5.73. The Morgan fingerprint density at radius 1 is 1.21 bits per heavy atom. The van der Waals surface area contributed by atoms with Gasteiger partial charge in [-0.1, -0.05) is 0 Å². The topological polar surface area (TPSA) is 63.8 Å². The van der Waals surface area contributed by atoms with E-state index < -0.39 is 0 Å². The van der Waals surface area contributed by atoms with Crippen molar-refractivity contribution in [2.75, 3.05) is 6.54 Å². The highest BCUT2D eigenvalue weighted by Crippen LogP contribution is 2.58. The normalized spacial score (nSPS) is 39.9. The van der Waals surface area contributed by atoms with Crippen molar-refractivity contribution >= 4 is 0 Å². The second kappa shape index (κ2) is 3.98. The van der Waals surface area contributed by atoms with Gasteiger partial charge >= 0.3 is 0 Å². The summed E-state index contributed by atoms with van der Waals surface area (Å²) in [5, 5.41) is 3.09. The SMILES string of the molecule is NCCc1cn(C23CC4CC(CC(C4)C2)C3)[nH]c1=O. The van der Waals surface area contributed by atoms with Crippen LogP contribution in [0.4, 0.5) is 0 Å². The van der Waals surface area contributed by atoms with E-state index in [1.165, 1.54) is 38.5 Å². The van der Waals surface area contributed by atoms with Crippen LogP contribution in [0, 0.1) is 17.8 Å². The minimum atomic E-state index is 0.0706. The maximum absolute atomic E-state index is 12.0. The fraction of sp³-hybridized carbons (Fsp3) is 0.800. The van der Waals surface area contributed by atoms with Crippen molar-refractivity contribution in [3.8, 4) is 0 Å². The van der Waals surface area contributed by atoms with E-state index in [0.29, 0.717) is 13.0 Å². The Bertz CT molecular complexity index is 507. The van der Waals surface area contributed by atoms with Crippen LogP contribution in [-0.2, 0) is 12.0 Å². The Morgan fingerprint density at radius 2 is 1.79 bits per heavy atom. The van der Waals surface area contributed by atoms with Gasteiger partial charge in [-0.2, -0.15) is 0 Å². The Labute approximate surface area is 113 Å². The standard InChI is InChI=1S/C15H23N3O/c16-2-1-13-9-18(17-14(13)19)15-6-10-3-11(7-15)5-12(4-10)8-15/h9-12H,1-8,16H2,(H,17,19). The summed E-state index contributed by atoms with van der Waals surface area (Å²) in [5.74, 6) is 2.69. The second-order valence-electron chi connectivity index (χ2n) is 7.15. The summed E-state index contributed by atoms with van der Waals surface area (Å²) in [6, 6.07) is 0. The van der Waals surface area contributed by atoms with Gasteiger partial charge in [0.15, 0.2) is 0 Å². The molecular formula is C15H23N3O. The molecule has 5 rings (SSSR count). The molecule has 4 fully saturated rings. The van der Waals surface area contributed by atoms with Gasteiger partial charge in [0.2, 0.25) is 0 Å². The predicted octanol–water partition coefficient (Wildman–Crippen LogP) is 1.60. The minimum absolute atomic E-state index is 0.0706. The summed E-state index contributed by atoms with van der Waals surface area (Å²) in [4.78, 5) is 12.0. The average Bonchev–Trinajstić information content (AvgIpc) is 2.70. The molecule has 0 unspecified atom stereocenters. The number of aromatic amines is 1. The number of aromatic nitrogens is 2. The minimum Gasteiger partial charge on any atom is -0.330 e. The lowest BCUT2D eigenvalue weighted by atomic mass is 9.53. The molecule has 4 aliphatic carbocycles. The highest BCUT2D eigenvalue weighted by atomic mass is 16.1. The molecule has 0 atom stereocenters. The number of H-pyrrole nitrogens is 1. The van der Waals surface area contributed by atoms with Crippen LogP contribution >= 0.6 is 0 Å². The van der Waals surface area contributed by atoms with Crippen LogP contribution in [0.2, 0.25) is 0 Å². The van der Waals surface area contributed by atoms with Gasteiger partial charge in [-0.05, 0) is 69.2 Å². The molecule has 1 aromatic heterocycles. The maximum Gasteiger partial charge on any atom is 0.267 e. The van der Waals surface area contributed by atoms with Crippen LogP contribution in [0.15, 0.2) is 11.0 Å². The summed E-state index contributed by atoms with van der Waals surface area (Å²) in [5.41, 5.74) is 6.74. The summed E-state index contributed by atoms with van der Waals surface area (Å²) < 4.78 is 2.17. The zero-order valence-electron chi connectivity index (χ0n) is 11.4. The van der Waals surface area contributed by atoms with E-state index in [1.807, 2.05) is 0 Å². The molecule has 4 aliphatic rings. The molecule has 0 saturated heterocycles. The van der Waals surface area contributed by atoms with E-state index in [0.717, 1.165) is 23.3 Å². The van der Waals surface area contributed by atoms with Gasteiger partial charge < -0.3 is 5.73 Å². The van der Waals surface area contributed by atoms with Gasteiger partial charge in [0.1, 0.15) is 0 Å². The Balaban J connectivity index is 1.71. The Morgan fingerprint density at radius 3 is 2.32 bits per heavy atom. The maximum atomic E-state index is 12.0. The molecule has 4 saturated carbocycles. The molecule has 19 heavy (non-hydrogen) atoms. The lowest BCUT2D eigenvalue weighted by molar-refractivity contribution is -0.0496. The summed E-state index contributed by atoms with van der Waals surface area (Å²) >= 11 is 0. The largest absolute Gasteiger partial charge is 0.330 e. The number of nitrogens with one attached hydrogen (secondary N) is 1. The molecular weight excluding hydrogens is 238 g/mol. The van der Waals surface area contributed by atoms with Gasteiger partial charge in [-0.3, -0.25) is 14.6 Å². The first-order valence-corrected chi connectivity index (χ1v) is 7.69. The number of hydrogen-bond donors (Lipinski definition) is 2. The predicted molar refractivity (Wildman–Crippen MR) is 74.0 cm³/mol. The van der Waals surface area contributed by atoms with E-state index in [-0.39, 0.29) is 11.1 Å². The zero-order valence-corrected chi connectivity index (χ0v) is 11.4. The van der Waals surface area contributed by atoms with Crippen molar-refractivity contribution < 1.29 is 0 Å². The lowest BCUT2D eigenvalue weighted by Gasteiger charge is -2.56. The first kappa shape index (κ1) is 11.8. The first-order chi connectivity index (χ1) is 9.18. The molecule has 104 valence electrons. The molecule has 4 nitrogen and oxygen atoms in total. The van der Waals surface area contributed by atoms with Crippen LogP contribution < -0.4 is 11.3 Å². The van der Waals surface area contributed by atoms with E-state index in [1.54, 1.807) is 0 Å². The van der Waals surface area contributed by atoms with Gasteiger partial charge in [0.25, 0.3) is 5.56 Å². The monoisotopic (exact) mass is 261 g/mol. The van der Waals surface area contributed by atoms with Crippen molar-refractivity contribution in [2.24, 2.45) is 23.5 Å². The molecule has 4 heteroatoms. The highest BCUT2D eigenvalue weighted by Gasteiger charge is 2.52. The first-order valence-electron chi connectivity index (χ1n) is 7.69. The molecule has 0 radical (unpaired) electrons. The molecule has 0 aliphatic heterocycles. The van der Waals surface area contributed by atoms with E-state index in [2.05, 4.69) is 16.0 Å². The fourth-order valence-corrected chi connectivity index (χ4v) is 5.38. The highest BCUT2D eigenvalue weighted by molar-refractivity contribution is 5.11. The number of nitrogens with two attached hydrogens (primary N) is 1. The average molecular weight is 261 g/mol. The van der Waals surface area contributed by atoms with Crippen molar-refractivity contribution in [3.63, 3.8) is 0 Å². The molecule has 1 aromatic rings. The number of rotatable bonds is 3. The summed E-state index contributed by atoms with van der Waals surface area (Å²) in [6.45, 7) is 0.550. The number of nitrogens with zero attached hydrogens (tertiary/aromatic N) is 1.